The summed E-state index contributed by atoms with van der Waals surface area (Å²) in [5.74, 6) is 1.44. The number of fused-ring (bicyclic) bond motifs is 9. The first kappa shape index (κ1) is 21.9. The van der Waals surface area contributed by atoms with Crippen LogP contribution in [0.4, 0.5) is 0 Å². The zero-order valence-corrected chi connectivity index (χ0v) is 22.0. The van der Waals surface area contributed by atoms with Gasteiger partial charge in [-0.15, -0.1) is 0 Å². The molecule has 1 atom stereocenters. The van der Waals surface area contributed by atoms with Gasteiger partial charge in [0.15, 0.2) is 0 Å². The predicted octanol–water partition coefficient (Wildman–Crippen LogP) is 10.6. The summed E-state index contributed by atoms with van der Waals surface area (Å²) in [6, 6.07) is 36.5. The summed E-state index contributed by atoms with van der Waals surface area (Å²) >= 11 is 0. The Hall–Kier alpha value is -5.02. The van der Waals surface area contributed by atoms with Crippen LogP contribution in [0.5, 0.6) is 0 Å². The summed E-state index contributed by atoms with van der Waals surface area (Å²) in [7, 11) is 0. The second kappa shape index (κ2) is 8.00. The van der Waals surface area contributed by atoms with Gasteiger partial charge in [-0.25, -0.2) is 0 Å². The molecule has 1 aliphatic rings. The van der Waals surface area contributed by atoms with E-state index in [1.165, 1.54) is 32.9 Å². The first-order valence-electron chi connectivity index (χ1n) is 13.9. The Morgan fingerprint density at radius 2 is 1.30 bits per heavy atom. The molecule has 190 valence electrons. The van der Waals surface area contributed by atoms with Gasteiger partial charge >= 0.3 is 0 Å². The van der Waals surface area contributed by atoms with Gasteiger partial charge in [0.25, 0.3) is 0 Å². The van der Waals surface area contributed by atoms with E-state index in [4.69, 9.17) is 8.83 Å². The Labute approximate surface area is 230 Å². The molecule has 3 nitrogen and oxygen atoms in total. The molecule has 1 unspecified atom stereocenters. The van der Waals surface area contributed by atoms with E-state index in [0.717, 1.165) is 61.9 Å². The maximum atomic E-state index is 6.47. The fraction of sp³-hybridized carbons (Fsp3) is 0.0811. The molecule has 0 bridgehead atoms. The number of furan rings is 2. The van der Waals surface area contributed by atoms with Crippen LogP contribution in [0.15, 0.2) is 118 Å². The normalized spacial score (nSPS) is 15.4. The molecule has 0 aliphatic heterocycles. The Bertz CT molecular complexity index is 2320. The molecular weight excluding hydrogens is 490 g/mol. The minimum Gasteiger partial charge on any atom is -0.456 e. The monoisotopic (exact) mass is 515 g/mol. The van der Waals surface area contributed by atoms with Gasteiger partial charge in [-0.1, -0.05) is 79.7 Å². The van der Waals surface area contributed by atoms with Crippen LogP contribution < -0.4 is 0 Å². The summed E-state index contributed by atoms with van der Waals surface area (Å²) < 4.78 is 12.8. The molecule has 0 radical (unpaired) electrons. The second-order valence-electron chi connectivity index (χ2n) is 11.0. The quantitative estimate of drug-likeness (QED) is 0.249. The lowest BCUT2D eigenvalue weighted by Gasteiger charge is -2.19. The summed E-state index contributed by atoms with van der Waals surface area (Å²) in [6.45, 7) is 2.29. The van der Waals surface area contributed by atoms with Crippen LogP contribution in [0.25, 0.3) is 71.4 Å². The Kier molecular flexibility index (Phi) is 4.37. The number of hydrogen-bond acceptors (Lipinski definition) is 2. The molecule has 40 heavy (non-hydrogen) atoms. The summed E-state index contributed by atoms with van der Waals surface area (Å²) in [5.41, 5.74) is 11.0. The van der Waals surface area contributed by atoms with Gasteiger partial charge in [-0.2, -0.15) is 0 Å². The van der Waals surface area contributed by atoms with E-state index >= 15 is 0 Å². The number of rotatable bonds is 2. The lowest BCUT2D eigenvalue weighted by Crippen LogP contribution is -2.02. The third-order valence-corrected chi connectivity index (χ3v) is 8.67. The molecule has 1 N–H and O–H groups in total. The lowest BCUT2D eigenvalue weighted by atomic mass is 9.84. The topological polar surface area (TPSA) is 42.1 Å². The largest absolute Gasteiger partial charge is 0.456 e. The molecule has 1 aliphatic carbocycles. The molecule has 0 amide bonds. The Morgan fingerprint density at radius 3 is 2.12 bits per heavy atom. The number of nitrogens with one attached hydrogen (secondary N) is 1. The average Bonchev–Trinajstić information content (AvgIpc) is 3.68. The molecule has 0 saturated carbocycles. The van der Waals surface area contributed by atoms with Gasteiger partial charge in [0.2, 0.25) is 0 Å². The van der Waals surface area contributed by atoms with Crippen LogP contribution in [-0.4, -0.2) is 4.98 Å². The molecule has 3 aromatic heterocycles. The lowest BCUT2D eigenvalue weighted by molar-refractivity contribution is 0.581. The van der Waals surface area contributed by atoms with Crippen molar-refractivity contribution in [1.29, 1.82) is 0 Å². The minimum atomic E-state index is 0.433. The van der Waals surface area contributed by atoms with E-state index in [-0.39, 0.29) is 0 Å². The Morgan fingerprint density at radius 1 is 0.625 bits per heavy atom. The molecule has 0 fully saturated rings. The number of hydrogen-bond donors (Lipinski definition) is 1. The van der Waals surface area contributed by atoms with E-state index in [1.807, 2.05) is 18.2 Å². The van der Waals surface area contributed by atoms with E-state index in [2.05, 4.69) is 103 Å². The fourth-order valence-electron chi connectivity index (χ4n) is 6.72. The van der Waals surface area contributed by atoms with Crippen LogP contribution in [0.2, 0.25) is 0 Å². The van der Waals surface area contributed by atoms with Gasteiger partial charge in [0.1, 0.15) is 22.5 Å². The van der Waals surface area contributed by atoms with E-state index in [1.54, 1.807) is 0 Å². The van der Waals surface area contributed by atoms with Gasteiger partial charge in [-0.3, -0.25) is 0 Å². The minimum absolute atomic E-state index is 0.433. The number of para-hydroxylation sites is 3. The number of allylic oxidation sites excluding steroid dienone is 1. The molecule has 0 saturated heterocycles. The van der Waals surface area contributed by atoms with Crippen LogP contribution in [0.3, 0.4) is 0 Å². The van der Waals surface area contributed by atoms with Crippen molar-refractivity contribution in [1.82, 2.24) is 4.98 Å². The highest BCUT2D eigenvalue weighted by Gasteiger charge is 2.26. The third-order valence-electron chi connectivity index (χ3n) is 8.67. The van der Waals surface area contributed by atoms with Gasteiger partial charge in [0, 0.05) is 54.7 Å². The van der Waals surface area contributed by atoms with Crippen molar-refractivity contribution in [3.05, 3.63) is 126 Å². The zero-order valence-electron chi connectivity index (χ0n) is 22.0. The maximum absolute atomic E-state index is 6.47. The summed E-state index contributed by atoms with van der Waals surface area (Å²) in [5, 5.41) is 5.94. The predicted molar refractivity (Wildman–Crippen MR) is 165 cm³/mol. The molecule has 3 heteroatoms. The summed E-state index contributed by atoms with van der Waals surface area (Å²) in [4.78, 5) is 3.63. The molecule has 0 spiro atoms. The van der Waals surface area contributed by atoms with Crippen LogP contribution in [0.1, 0.15) is 36.1 Å². The number of aromatic nitrogens is 1. The van der Waals surface area contributed by atoms with Crippen molar-refractivity contribution in [3.8, 4) is 11.1 Å². The van der Waals surface area contributed by atoms with E-state index < -0.39 is 0 Å². The molecule has 8 aromatic rings. The molecular formula is C37H25NO2. The van der Waals surface area contributed by atoms with Gasteiger partial charge < -0.3 is 13.8 Å². The van der Waals surface area contributed by atoms with Crippen molar-refractivity contribution >= 4 is 60.3 Å². The highest BCUT2D eigenvalue weighted by Crippen LogP contribution is 2.44. The molecule has 9 rings (SSSR count). The van der Waals surface area contributed by atoms with Gasteiger partial charge in [0.05, 0.1) is 0 Å². The van der Waals surface area contributed by atoms with Crippen LogP contribution >= 0.6 is 0 Å². The first-order chi connectivity index (χ1) is 19.7. The third kappa shape index (κ3) is 3.00. The maximum Gasteiger partial charge on any atom is 0.143 e. The number of benzene rings is 5. The van der Waals surface area contributed by atoms with Crippen molar-refractivity contribution < 1.29 is 8.83 Å². The molecule has 3 heterocycles. The highest BCUT2D eigenvalue weighted by molar-refractivity contribution is 6.13. The Balaban J connectivity index is 1.23. The fourth-order valence-corrected chi connectivity index (χ4v) is 6.72. The zero-order chi connectivity index (χ0) is 26.4. The van der Waals surface area contributed by atoms with Crippen molar-refractivity contribution in [2.24, 2.45) is 0 Å². The number of H-pyrrole nitrogens is 1. The average molecular weight is 516 g/mol. The molecule has 5 aromatic carbocycles. The van der Waals surface area contributed by atoms with Crippen LogP contribution in [-0.2, 0) is 0 Å². The summed E-state index contributed by atoms with van der Waals surface area (Å²) in [6.07, 6.45) is 3.35. The number of aromatic amines is 1. The smallest absolute Gasteiger partial charge is 0.143 e. The van der Waals surface area contributed by atoms with Crippen LogP contribution in [0, 0.1) is 0 Å². The van der Waals surface area contributed by atoms with Crippen molar-refractivity contribution in [2.75, 3.05) is 0 Å². The standard InChI is InChI=1S/C37H25NO2/c1-21-13-16-25(37-35(21)28-8-3-5-12-34(28)40-37)23-15-18-32-30(20-23)29-19-22(14-17-31(29)38-32)24-9-6-10-27-26-7-2-4-11-33(26)39-36(24)27/h2-12,14-21,38H,13H2,1H3. The van der Waals surface area contributed by atoms with Crippen molar-refractivity contribution in [2.45, 2.75) is 19.3 Å². The SMILES string of the molecule is CC1CC=C(c2ccc3[nH]c4ccc(-c5cccc6c5oc5ccccc56)cc4c3c2)c2oc3ccccc3c21. The van der Waals surface area contributed by atoms with Crippen molar-refractivity contribution in [3.63, 3.8) is 0 Å². The second-order valence-corrected chi connectivity index (χ2v) is 11.0. The van der Waals surface area contributed by atoms with Gasteiger partial charge in [-0.05, 0) is 59.9 Å². The first-order valence-corrected chi connectivity index (χ1v) is 13.9. The van der Waals surface area contributed by atoms with E-state index in [9.17, 15) is 0 Å². The van der Waals surface area contributed by atoms with E-state index in [0.29, 0.717) is 5.92 Å². The highest BCUT2D eigenvalue weighted by atomic mass is 16.3.